The Kier molecular flexibility index (Phi) is 6.28. The van der Waals surface area contributed by atoms with Crippen LogP contribution in [-0.4, -0.2) is 50.1 Å². The Morgan fingerprint density at radius 3 is 2.37 bits per heavy atom. The zero-order valence-electron chi connectivity index (χ0n) is 12.4. The average Bonchev–Trinajstić information content (AvgIpc) is 2.30. The first-order chi connectivity index (χ1) is 8.95. The molecule has 1 unspecified atom stereocenters. The molecule has 110 valence electrons. The highest BCUT2D eigenvalue weighted by Gasteiger charge is 2.31. The Labute approximate surface area is 115 Å². The number of hydrogen-bond donors (Lipinski definition) is 1. The molecule has 1 fully saturated rings. The van der Waals surface area contributed by atoms with Crippen molar-refractivity contribution in [3.63, 3.8) is 0 Å². The fourth-order valence-corrected chi connectivity index (χ4v) is 2.21. The van der Waals surface area contributed by atoms with Crippen molar-refractivity contribution in [1.82, 2.24) is 10.2 Å². The summed E-state index contributed by atoms with van der Waals surface area (Å²) in [5.74, 6) is 0.745. The van der Waals surface area contributed by atoms with Crippen LogP contribution in [0.5, 0.6) is 0 Å². The van der Waals surface area contributed by atoms with E-state index < -0.39 is 0 Å². The van der Waals surface area contributed by atoms with E-state index in [0.29, 0.717) is 24.9 Å². The van der Waals surface area contributed by atoms with Crippen LogP contribution in [0.3, 0.4) is 0 Å². The van der Waals surface area contributed by atoms with Gasteiger partial charge in [-0.2, -0.15) is 0 Å². The minimum Gasteiger partial charge on any atom is -0.469 e. The lowest BCUT2D eigenvalue weighted by atomic mass is 9.87. The van der Waals surface area contributed by atoms with Crippen molar-refractivity contribution in [1.29, 1.82) is 0 Å². The van der Waals surface area contributed by atoms with Crippen LogP contribution in [0.4, 0.5) is 0 Å². The summed E-state index contributed by atoms with van der Waals surface area (Å²) in [7, 11) is 1.37. The topological polar surface area (TPSA) is 58.6 Å². The summed E-state index contributed by atoms with van der Waals surface area (Å²) in [6, 6.07) is 0. The molecule has 1 saturated heterocycles. The summed E-state index contributed by atoms with van der Waals surface area (Å²) in [4.78, 5) is 25.5. The number of nitrogens with zero attached hydrogens (tertiary/aromatic N) is 1. The van der Waals surface area contributed by atoms with Crippen molar-refractivity contribution in [3.8, 4) is 0 Å². The third-order valence-corrected chi connectivity index (χ3v) is 3.62. The van der Waals surface area contributed by atoms with E-state index in [1.165, 1.54) is 7.11 Å². The third kappa shape index (κ3) is 4.82. The van der Waals surface area contributed by atoms with Crippen molar-refractivity contribution in [2.45, 2.75) is 27.2 Å². The van der Waals surface area contributed by atoms with E-state index >= 15 is 0 Å². The minimum atomic E-state index is -0.264. The number of rotatable bonds is 7. The number of esters is 1. The Morgan fingerprint density at radius 2 is 1.95 bits per heavy atom. The molecule has 1 atom stereocenters. The van der Waals surface area contributed by atoms with Crippen LogP contribution in [0.25, 0.3) is 0 Å². The minimum absolute atomic E-state index is 0.0256. The quantitative estimate of drug-likeness (QED) is 0.698. The first-order valence-corrected chi connectivity index (χ1v) is 7.02. The zero-order valence-corrected chi connectivity index (χ0v) is 12.4. The van der Waals surface area contributed by atoms with E-state index in [4.69, 9.17) is 0 Å². The number of methoxy groups -OCH3 is 1. The molecule has 5 heteroatoms. The molecule has 1 amide bonds. The van der Waals surface area contributed by atoms with E-state index in [0.717, 1.165) is 13.1 Å². The molecule has 0 spiro atoms. The maximum atomic E-state index is 12.5. The molecular formula is C14H26N2O3. The summed E-state index contributed by atoms with van der Waals surface area (Å²) in [6.07, 6.45) is 0.268. The number of amides is 1. The second-order valence-electron chi connectivity index (χ2n) is 5.71. The molecule has 1 aliphatic rings. The van der Waals surface area contributed by atoms with Gasteiger partial charge in [0.15, 0.2) is 0 Å². The van der Waals surface area contributed by atoms with Crippen molar-refractivity contribution < 1.29 is 14.3 Å². The first kappa shape index (κ1) is 16.0. The first-order valence-electron chi connectivity index (χ1n) is 7.02. The lowest BCUT2D eigenvalue weighted by molar-refractivity contribution is -0.143. The molecule has 1 N–H and O–H groups in total. The van der Waals surface area contributed by atoms with Gasteiger partial charge in [-0.25, -0.2) is 0 Å². The van der Waals surface area contributed by atoms with E-state index in [1.807, 2.05) is 11.8 Å². The molecule has 0 aliphatic carbocycles. The fraction of sp³-hybridized carbons (Fsp3) is 0.857. The summed E-state index contributed by atoms with van der Waals surface area (Å²) < 4.78 is 4.64. The van der Waals surface area contributed by atoms with Crippen LogP contribution >= 0.6 is 0 Å². The Morgan fingerprint density at radius 1 is 1.32 bits per heavy atom. The van der Waals surface area contributed by atoms with E-state index in [2.05, 4.69) is 23.9 Å². The molecular weight excluding hydrogens is 244 g/mol. The molecule has 1 heterocycles. The Bertz CT molecular complexity index is 314. The van der Waals surface area contributed by atoms with E-state index in [1.54, 1.807) is 0 Å². The molecule has 0 aromatic rings. The molecule has 0 saturated carbocycles. The molecule has 1 aliphatic heterocycles. The van der Waals surface area contributed by atoms with Crippen LogP contribution in [0.2, 0.25) is 0 Å². The van der Waals surface area contributed by atoms with Crippen LogP contribution in [0, 0.1) is 17.8 Å². The second-order valence-corrected chi connectivity index (χ2v) is 5.71. The molecule has 0 radical (unpaired) electrons. The van der Waals surface area contributed by atoms with Crippen molar-refractivity contribution >= 4 is 11.9 Å². The number of ether oxygens (including phenoxy) is 1. The van der Waals surface area contributed by atoms with E-state index in [9.17, 15) is 9.59 Å². The fourth-order valence-electron chi connectivity index (χ4n) is 2.21. The molecule has 19 heavy (non-hydrogen) atoms. The van der Waals surface area contributed by atoms with Gasteiger partial charge in [-0.15, -0.1) is 0 Å². The highest BCUT2D eigenvalue weighted by atomic mass is 16.5. The number of hydrogen-bond acceptors (Lipinski definition) is 4. The Balaban J connectivity index is 2.55. The van der Waals surface area contributed by atoms with Crippen LogP contribution in [0.15, 0.2) is 0 Å². The normalized spacial score (nSPS) is 16.9. The molecule has 0 bridgehead atoms. The van der Waals surface area contributed by atoms with Gasteiger partial charge in [0.05, 0.1) is 13.5 Å². The van der Waals surface area contributed by atoms with Crippen LogP contribution in [-0.2, 0) is 14.3 Å². The average molecular weight is 270 g/mol. The molecule has 5 nitrogen and oxygen atoms in total. The standard InChI is InChI=1S/C14H26N2O3/c1-10(2)9-16(6-5-13(17)19-4)14(18)11(3)12-7-15-8-12/h10-12,15H,5-9H2,1-4H3. The highest BCUT2D eigenvalue weighted by Crippen LogP contribution is 2.19. The van der Waals surface area contributed by atoms with Gasteiger partial charge in [0, 0.05) is 19.0 Å². The van der Waals surface area contributed by atoms with Gasteiger partial charge in [-0.05, 0) is 24.9 Å². The number of carbonyl (C=O) groups excluding carboxylic acids is 2. The molecule has 0 aromatic carbocycles. The predicted octanol–water partition coefficient (Wildman–Crippen LogP) is 0.890. The largest absolute Gasteiger partial charge is 0.469 e. The smallest absolute Gasteiger partial charge is 0.307 e. The molecule has 1 rings (SSSR count). The Hall–Kier alpha value is -1.10. The monoisotopic (exact) mass is 270 g/mol. The zero-order chi connectivity index (χ0) is 14.4. The van der Waals surface area contributed by atoms with Gasteiger partial charge >= 0.3 is 5.97 Å². The maximum absolute atomic E-state index is 12.5. The lowest BCUT2D eigenvalue weighted by Crippen LogP contribution is -2.51. The summed E-state index contributed by atoms with van der Waals surface area (Å²) in [6.45, 7) is 9.12. The third-order valence-electron chi connectivity index (χ3n) is 3.62. The highest BCUT2D eigenvalue weighted by molar-refractivity contribution is 5.79. The summed E-state index contributed by atoms with van der Waals surface area (Å²) in [5.41, 5.74) is 0. The van der Waals surface area contributed by atoms with Gasteiger partial charge < -0.3 is 15.0 Å². The number of nitrogens with one attached hydrogen (secondary N) is 1. The van der Waals surface area contributed by atoms with Crippen molar-refractivity contribution in [2.24, 2.45) is 17.8 Å². The van der Waals surface area contributed by atoms with Crippen molar-refractivity contribution in [3.05, 3.63) is 0 Å². The summed E-state index contributed by atoms with van der Waals surface area (Å²) >= 11 is 0. The van der Waals surface area contributed by atoms with Crippen LogP contribution < -0.4 is 5.32 Å². The molecule has 0 aromatic heterocycles. The van der Waals surface area contributed by atoms with Gasteiger partial charge in [-0.3, -0.25) is 9.59 Å². The van der Waals surface area contributed by atoms with Gasteiger partial charge in [0.25, 0.3) is 0 Å². The lowest BCUT2D eigenvalue weighted by Gasteiger charge is -2.35. The summed E-state index contributed by atoms with van der Waals surface area (Å²) in [5, 5.41) is 3.19. The SMILES string of the molecule is COC(=O)CCN(CC(C)C)C(=O)C(C)C1CNC1. The van der Waals surface area contributed by atoms with Gasteiger partial charge in [-0.1, -0.05) is 20.8 Å². The maximum Gasteiger partial charge on any atom is 0.307 e. The number of carbonyl (C=O) groups is 2. The van der Waals surface area contributed by atoms with Crippen LogP contribution in [0.1, 0.15) is 27.2 Å². The predicted molar refractivity (Wildman–Crippen MR) is 73.6 cm³/mol. The second kappa shape index (κ2) is 7.48. The van der Waals surface area contributed by atoms with Gasteiger partial charge in [0.1, 0.15) is 0 Å². The van der Waals surface area contributed by atoms with Crippen molar-refractivity contribution in [2.75, 3.05) is 33.3 Å². The van der Waals surface area contributed by atoms with E-state index in [-0.39, 0.29) is 24.2 Å². The van der Waals surface area contributed by atoms with Gasteiger partial charge in [0.2, 0.25) is 5.91 Å².